The van der Waals surface area contributed by atoms with Crippen LogP contribution in [0.3, 0.4) is 0 Å². The standard InChI is InChI=1S/C18H27N3O3/c1-14-7-5-6-8-15(14)20-9-11-21(12-10-20)16(22)13-19-17(23)24-18(2,3)4/h5-8H,9-13H2,1-4H3,(H,19,23). The largest absolute Gasteiger partial charge is 0.444 e. The summed E-state index contributed by atoms with van der Waals surface area (Å²) >= 11 is 0. The number of piperazine rings is 1. The van der Waals surface area contributed by atoms with Crippen molar-refractivity contribution in [2.75, 3.05) is 37.6 Å². The van der Waals surface area contributed by atoms with Gasteiger partial charge in [0.15, 0.2) is 0 Å². The van der Waals surface area contributed by atoms with E-state index >= 15 is 0 Å². The van der Waals surface area contributed by atoms with Crippen molar-refractivity contribution >= 4 is 17.7 Å². The summed E-state index contributed by atoms with van der Waals surface area (Å²) in [5.41, 5.74) is 1.90. The number of anilines is 1. The van der Waals surface area contributed by atoms with Gasteiger partial charge in [-0.15, -0.1) is 0 Å². The van der Waals surface area contributed by atoms with Crippen LogP contribution in [0.15, 0.2) is 24.3 Å². The number of alkyl carbamates (subject to hydrolysis) is 1. The highest BCUT2D eigenvalue weighted by Crippen LogP contribution is 2.20. The van der Waals surface area contributed by atoms with E-state index in [0.717, 1.165) is 13.1 Å². The number of nitrogens with one attached hydrogen (secondary N) is 1. The van der Waals surface area contributed by atoms with Crippen molar-refractivity contribution in [2.24, 2.45) is 0 Å². The van der Waals surface area contributed by atoms with E-state index < -0.39 is 11.7 Å². The van der Waals surface area contributed by atoms with Gasteiger partial charge >= 0.3 is 6.09 Å². The van der Waals surface area contributed by atoms with E-state index in [1.165, 1.54) is 11.3 Å². The molecule has 1 aliphatic rings. The van der Waals surface area contributed by atoms with Crippen LogP contribution < -0.4 is 10.2 Å². The molecule has 0 saturated carbocycles. The molecule has 0 atom stereocenters. The first-order valence-corrected chi connectivity index (χ1v) is 8.31. The minimum Gasteiger partial charge on any atom is -0.444 e. The summed E-state index contributed by atoms with van der Waals surface area (Å²) in [6.07, 6.45) is -0.561. The zero-order chi connectivity index (χ0) is 17.7. The average molecular weight is 333 g/mol. The number of carbonyl (C=O) groups is 2. The van der Waals surface area contributed by atoms with E-state index in [9.17, 15) is 9.59 Å². The van der Waals surface area contributed by atoms with Gasteiger partial charge in [0.25, 0.3) is 0 Å². The van der Waals surface area contributed by atoms with Gasteiger partial charge < -0.3 is 19.9 Å². The topological polar surface area (TPSA) is 61.9 Å². The number of hydrogen-bond donors (Lipinski definition) is 1. The maximum absolute atomic E-state index is 12.2. The Labute approximate surface area is 143 Å². The van der Waals surface area contributed by atoms with Crippen LogP contribution in [0.5, 0.6) is 0 Å². The summed E-state index contributed by atoms with van der Waals surface area (Å²) in [6, 6.07) is 8.26. The molecule has 132 valence electrons. The van der Waals surface area contributed by atoms with E-state index in [2.05, 4.69) is 29.3 Å². The van der Waals surface area contributed by atoms with Gasteiger partial charge in [-0.3, -0.25) is 4.79 Å². The molecule has 6 nitrogen and oxygen atoms in total. The zero-order valence-electron chi connectivity index (χ0n) is 15.0. The van der Waals surface area contributed by atoms with Crippen LogP contribution in [-0.4, -0.2) is 55.2 Å². The number of amides is 2. The Bertz CT molecular complexity index is 587. The predicted octanol–water partition coefficient (Wildman–Crippen LogP) is 2.17. The lowest BCUT2D eigenvalue weighted by Gasteiger charge is -2.36. The van der Waals surface area contributed by atoms with Gasteiger partial charge in [-0.05, 0) is 39.3 Å². The summed E-state index contributed by atoms with van der Waals surface area (Å²) in [5.74, 6) is -0.0784. The molecular formula is C18H27N3O3. The second-order valence-corrected chi connectivity index (χ2v) is 7.01. The Morgan fingerprint density at radius 3 is 2.33 bits per heavy atom. The number of rotatable bonds is 3. The first kappa shape index (κ1) is 18.1. The second kappa shape index (κ2) is 7.55. The molecule has 6 heteroatoms. The van der Waals surface area contributed by atoms with Crippen molar-refractivity contribution in [3.63, 3.8) is 0 Å². The van der Waals surface area contributed by atoms with Crippen molar-refractivity contribution in [3.05, 3.63) is 29.8 Å². The quantitative estimate of drug-likeness (QED) is 0.921. The third-order valence-electron chi connectivity index (χ3n) is 3.87. The molecule has 1 heterocycles. The fraction of sp³-hybridized carbons (Fsp3) is 0.556. The highest BCUT2D eigenvalue weighted by atomic mass is 16.6. The summed E-state index contributed by atoms with van der Waals surface area (Å²) in [4.78, 5) is 27.9. The van der Waals surface area contributed by atoms with Crippen LogP contribution in [0.1, 0.15) is 26.3 Å². The fourth-order valence-electron chi connectivity index (χ4n) is 2.69. The van der Waals surface area contributed by atoms with Gasteiger partial charge in [0.05, 0.1) is 0 Å². The van der Waals surface area contributed by atoms with Gasteiger partial charge in [-0.1, -0.05) is 18.2 Å². The average Bonchev–Trinajstić information content (AvgIpc) is 2.52. The van der Waals surface area contributed by atoms with Gasteiger partial charge in [0, 0.05) is 31.9 Å². The summed E-state index contributed by atoms with van der Waals surface area (Å²) in [5, 5.41) is 2.52. The van der Waals surface area contributed by atoms with Gasteiger partial charge in [-0.25, -0.2) is 4.79 Å². The summed E-state index contributed by atoms with van der Waals surface area (Å²) in [6.45, 7) is 10.3. The Morgan fingerprint density at radius 1 is 1.12 bits per heavy atom. The molecule has 0 spiro atoms. The molecule has 0 bridgehead atoms. The van der Waals surface area contributed by atoms with Crippen LogP contribution in [0, 0.1) is 6.92 Å². The van der Waals surface area contributed by atoms with E-state index in [1.807, 2.05) is 12.1 Å². The number of carbonyl (C=O) groups excluding carboxylic acids is 2. The minimum absolute atomic E-state index is 0.0285. The molecule has 2 rings (SSSR count). The van der Waals surface area contributed by atoms with Gasteiger partial charge in [-0.2, -0.15) is 0 Å². The molecule has 0 radical (unpaired) electrons. The molecule has 1 aromatic rings. The number of hydrogen-bond acceptors (Lipinski definition) is 4. The lowest BCUT2D eigenvalue weighted by atomic mass is 10.1. The Balaban J connectivity index is 1.79. The fourth-order valence-corrected chi connectivity index (χ4v) is 2.69. The van der Waals surface area contributed by atoms with Crippen molar-refractivity contribution in [2.45, 2.75) is 33.3 Å². The molecule has 24 heavy (non-hydrogen) atoms. The molecule has 2 amide bonds. The lowest BCUT2D eigenvalue weighted by Crippen LogP contribution is -2.51. The first-order chi connectivity index (χ1) is 11.3. The molecule has 1 N–H and O–H groups in total. The van der Waals surface area contributed by atoms with E-state index in [-0.39, 0.29) is 12.5 Å². The highest BCUT2D eigenvalue weighted by molar-refractivity contribution is 5.82. The lowest BCUT2D eigenvalue weighted by molar-refractivity contribution is -0.130. The van der Waals surface area contributed by atoms with Crippen molar-refractivity contribution in [1.82, 2.24) is 10.2 Å². The smallest absolute Gasteiger partial charge is 0.408 e. The van der Waals surface area contributed by atoms with Gasteiger partial charge in [0.2, 0.25) is 5.91 Å². The number of benzene rings is 1. The summed E-state index contributed by atoms with van der Waals surface area (Å²) < 4.78 is 5.13. The maximum Gasteiger partial charge on any atom is 0.408 e. The highest BCUT2D eigenvalue weighted by Gasteiger charge is 2.23. The van der Waals surface area contributed by atoms with Crippen LogP contribution >= 0.6 is 0 Å². The SMILES string of the molecule is Cc1ccccc1N1CCN(C(=O)CNC(=O)OC(C)(C)C)CC1. The molecule has 0 unspecified atom stereocenters. The molecular weight excluding hydrogens is 306 g/mol. The maximum atomic E-state index is 12.2. The van der Waals surface area contributed by atoms with Crippen LogP contribution in [-0.2, 0) is 9.53 Å². The molecule has 1 aliphatic heterocycles. The molecule has 1 aromatic carbocycles. The molecule has 1 fully saturated rings. The second-order valence-electron chi connectivity index (χ2n) is 7.01. The van der Waals surface area contributed by atoms with Crippen LogP contribution in [0.4, 0.5) is 10.5 Å². The third kappa shape index (κ3) is 5.15. The zero-order valence-corrected chi connectivity index (χ0v) is 15.0. The minimum atomic E-state index is -0.563. The van der Waals surface area contributed by atoms with Gasteiger partial charge in [0.1, 0.15) is 12.1 Å². The van der Waals surface area contributed by atoms with E-state index in [4.69, 9.17) is 4.74 Å². The predicted molar refractivity (Wildman–Crippen MR) is 94.2 cm³/mol. The van der Waals surface area contributed by atoms with E-state index in [1.54, 1.807) is 25.7 Å². The molecule has 1 saturated heterocycles. The first-order valence-electron chi connectivity index (χ1n) is 8.31. The monoisotopic (exact) mass is 333 g/mol. The number of para-hydroxylation sites is 1. The van der Waals surface area contributed by atoms with Crippen LogP contribution in [0.25, 0.3) is 0 Å². The Hall–Kier alpha value is -2.24. The van der Waals surface area contributed by atoms with Crippen molar-refractivity contribution < 1.29 is 14.3 Å². The number of nitrogens with zero attached hydrogens (tertiary/aromatic N) is 2. The Kier molecular flexibility index (Phi) is 5.70. The normalized spacial score (nSPS) is 15.2. The number of aryl methyl sites for hydroxylation is 1. The summed E-state index contributed by atoms with van der Waals surface area (Å²) in [7, 11) is 0. The molecule has 0 aromatic heterocycles. The third-order valence-corrected chi connectivity index (χ3v) is 3.87. The van der Waals surface area contributed by atoms with Crippen LogP contribution in [0.2, 0.25) is 0 Å². The Morgan fingerprint density at radius 2 is 1.75 bits per heavy atom. The molecule has 0 aliphatic carbocycles. The van der Waals surface area contributed by atoms with Crippen molar-refractivity contribution in [3.8, 4) is 0 Å². The number of ether oxygens (including phenoxy) is 1. The van der Waals surface area contributed by atoms with E-state index in [0.29, 0.717) is 13.1 Å². The van der Waals surface area contributed by atoms with Crippen molar-refractivity contribution in [1.29, 1.82) is 0 Å².